The minimum absolute atomic E-state index is 0.0395. The number of carbonyl (C=O) groups is 2. The van der Waals surface area contributed by atoms with Crippen molar-refractivity contribution in [2.24, 2.45) is 0 Å². The van der Waals surface area contributed by atoms with E-state index in [1.165, 1.54) is 10.6 Å². The zero-order valence-corrected chi connectivity index (χ0v) is 11.6. The smallest absolute Gasteiger partial charge is 0.352 e. The van der Waals surface area contributed by atoms with Crippen LogP contribution in [0.1, 0.15) is 29.8 Å². The molecule has 0 aliphatic carbocycles. The summed E-state index contributed by atoms with van der Waals surface area (Å²) < 4.78 is 7.05. The van der Waals surface area contributed by atoms with Gasteiger partial charge in [-0.05, 0) is 31.4 Å². The van der Waals surface area contributed by atoms with E-state index in [1.54, 1.807) is 24.2 Å². The summed E-state index contributed by atoms with van der Waals surface area (Å²) in [5.41, 5.74) is 0.126. The van der Waals surface area contributed by atoms with Gasteiger partial charge < -0.3 is 19.3 Å². The van der Waals surface area contributed by atoms with Gasteiger partial charge in [0.1, 0.15) is 12.2 Å². The number of carboxylic acids is 1. The molecule has 1 aromatic heterocycles. The molecule has 0 spiro atoms. The summed E-state index contributed by atoms with van der Waals surface area (Å²) in [6.45, 7) is 1.35. The summed E-state index contributed by atoms with van der Waals surface area (Å²) in [4.78, 5) is 24.7. The Labute approximate surface area is 117 Å². The number of carbonyl (C=O) groups excluding carboxylic acids is 1. The van der Waals surface area contributed by atoms with Crippen LogP contribution in [-0.4, -0.2) is 52.8 Å². The fourth-order valence-corrected chi connectivity index (χ4v) is 2.37. The summed E-state index contributed by atoms with van der Waals surface area (Å²) in [5.74, 6) is -1.14. The Morgan fingerprint density at radius 3 is 2.95 bits per heavy atom. The van der Waals surface area contributed by atoms with E-state index in [4.69, 9.17) is 9.84 Å². The van der Waals surface area contributed by atoms with E-state index >= 15 is 0 Å². The number of hydrogen-bond donors (Lipinski definition) is 1. The molecule has 1 unspecified atom stereocenters. The molecule has 110 valence electrons. The SMILES string of the molecule is CN(CC1CCCCO1)C(=O)Cn1cccc1C(=O)O. The van der Waals surface area contributed by atoms with Crippen molar-refractivity contribution < 1.29 is 19.4 Å². The maximum atomic E-state index is 12.1. The monoisotopic (exact) mass is 280 g/mol. The number of ether oxygens (including phenoxy) is 1. The lowest BCUT2D eigenvalue weighted by Crippen LogP contribution is -2.38. The number of amides is 1. The van der Waals surface area contributed by atoms with Gasteiger partial charge >= 0.3 is 5.97 Å². The van der Waals surface area contributed by atoms with Gasteiger partial charge in [0.05, 0.1) is 6.10 Å². The summed E-state index contributed by atoms with van der Waals surface area (Å²) in [5, 5.41) is 9.00. The molecular weight excluding hydrogens is 260 g/mol. The molecule has 6 heteroatoms. The quantitative estimate of drug-likeness (QED) is 0.880. The highest BCUT2D eigenvalue weighted by molar-refractivity contribution is 5.86. The third kappa shape index (κ3) is 3.60. The molecule has 1 fully saturated rings. The highest BCUT2D eigenvalue weighted by Gasteiger charge is 2.20. The van der Waals surface area contributed by atoms with E-state index in [1.807, 2.05) is 0 Å². The molecule has 1 N–H and O–H groups in total. The lowest BCUT2D eigenvalue weighted by molar-refractivity contribution is -0.132. The molecule has 1 aromatic rings. The standard InChI is InChI=1S/C14H20N2O4/c1-15(9-11-5-2-3-8-20-11)13(17)10-16-7-4-6-12(16)14(18)19/h4,6-7,11H,2-3,5,8-10H2,1H3,(H,18,19). The Bertz CT molecular complexity index is 477. The predicted octanol–water partition coefficient (Wildman–Crippen LogP) is 1.21. The maximum absolute atomic E-state index is 12.1. The maximum Gasteiger partial charge on any atom is 0.352 e. The van der Waals surface area contributed by atoms with Crippen LogP contribution in [0.2, 0.25) is 0 Å². The van der Waals surface area contributed by atoms with E-state index in [-0.39, 0.29) is 24.2 Å². The second-order valence-electron chi connectivity index (χ2n) is 5.09. The van der Waals surface area contributed by atoms with Crippen molar-refractivity contribution in [3.63, 3.8) is 0 Å². The average molecular weight is 280 g/mol. The number of hydrogen-bond acceptors (Lipinski definition) is 3. The minimum Gasteiger partial charge on any atom is -0.477 e. The van der Waals surface area contributed by atoms with Crippen LogP contribution in [0.3, 0.4) is 0 Å². The molecular formula is C14H20N2O4. The van der Waals surface area contributed by atoms with Crippen LogP contribution in [0.5, 0.6) is 0 Å². The van der Waals surface area contributed by atoms with Crippen LogP contribution in [-0.2, 0) is 16.1 Å². The Morgan fingerprint density at radius 1 is 1.50 bits per heavy atom. The van der Waals surface area contributed by atoms with Crippen LogP contribution >= 0.6 is 0 Å². The van der Waals surface area contributed by atoms with Crippen LogP contribution < -0.4 is 0 Å². The first-order chi connectivity index (χ1) is 9.58. The second-order valence-corrected chi connectivity index (χ2v) is 5.09. The summed E-state index contributed by atoms with van der Waals surface area (Å²) in [7, 11) is 1.73. The van der Waals surface area contributed by atoms with Gasteiger partial charge in [-0.25, -0.2) is 4.79 Å². The van der Waals surface area contributed by atoms with Gasteiger partial charge in [-0.15, -0.1) is 0 Å². The molecule has 0 bridgehead atoms. The van der Waals surface area contributed by atoms with Crippen molar-refractivity contribution in [2.75, 3.05) is 20.2 Å². The number of aromatic carboxylic acids is 1. The number of likely N-dealkylation sites (N-methyl/N-ethyl adjacent to an activating group) is 1. The first-order valence-corrected chi connectivity index (χ1v) is 6.82. The van der Waals surface area contributed by atoms with Crippen LogP contribution in [0.4, 0.5) is 0 Å². The van der Waals surface area contributed by atoms with Crippen molar-refractivity contribution in [2.45, 2.75) is 31.9 Å². The lowest BCUT2D eigenvalue weighted by atomic mass is 10.1. The fourth-order valence-electron chi connectivity index (χ4n) is 2.37. The number of nitrogens with zero attached hydrogens (tertiary/aromatic N) is 2. The second kappa shape index (κ2) is 6.56. The Hall–Kier alpha value is -1.82. The van der Waals surface area contributed by atoms with Crippen molar-refractivity contribution in [3.8, 4) is 0 Å². The summed E-state index contributed by atoms with van der Waals surface area (Å²) in [6, 6.07) is 3.11. The van der Waals surface area contributed by atoms with E-state index in [9.17, 15) is 9.59 Å². The molecule has 0 saturated carbocycles. The lowest BCUT2D eigenvalue weighted by Gasteiger charge is -2.27. The molecule has 1 saturated heterocycles. The predicted molar refractivity (Wildman–Crippen MR) is 72.6 cm³/mol. The molecule has 1 aliphatic rings. The van der Waals surface area contributed by atoms with Gasteiger partial charge in [0.2, 0.25) is 5.91 Å². The first kappa shape index (κ1) is 14.6. The summed E-state index contributed by atoms with van der Waals surface area (Å²) >= 11 is 0. The van der Waals surface area contributed by atoms with E-state index in [0.29, 0.717) is 6.54 Å². The van der Waals surface area contributed by atoms with Crippen LogP contribution in [0, 0.1) is 0 Å². The van der Waals surface area contributed by atoms with Gasteiger partial charge in [-0.3, -0.25) is 4.79 Å². The van der Waals surface area contributed by atoms with Crippen LogP contribution in [0.15, 0.2) is 18.3 Å². The van der Waals surface area contributed by atoms with Crippen molar-refractivity contribution in [3.05, 3.63) is 24.0 Å². The minimum atomic E-state index is -1.03. The number of carboxylic acid groups (broad SMARTS) is 1. The van der Waals surface area contributed by atoms with Gasteiger partial charge in [-0.1, -0.05) is 0 Å². The third-order valence-corrected chi connectivity index (χ3v) is 3.53. The molecule has 2 rings (SSSR count). The number of aromatic nitrogens is 1. The Kier molecular flexibility index (Phi) is 4.79. The largest absolute Gasteiger partial charge is 0.477 e. The fraction of sp³-hybridized carbons (Fsp3) is 0.571. The van der Waals surface area contributed by atoms with E-state index in [0.717, 1.165) is 25.9 Å². The van der Waals surface area contributed by atoms with Crippen molar-refractivity contribution in [1.82, 2.24) is 9.47 Å². The normalized spacial score (nSPS) is 18.8. The van der Waals surface area contributed by atoms with Crippen molar-refractivity contribution in [1.29, 1.82) is 0 Å². The van der Waals surface area contributed by atoms with Gasteiger partial charge in [-0.2, -0.15) is 0 Å². The highest BCUT2D eigenvalue weighted by atomic mass is 16.5. The average Bonchev–Trinajstić information content (AvgIpc) is 2.88. The van der Waals surface area contributed by atoms with Gasteiger partial charge in [0, 0.05) is 26.4 Å². The molecule has 6 nitrogen and oxygen atoms in total. The van der Waals surface area contributed by atoms with Gasteiger partial charge in [0.15, 0.2) is 0 Å². The highest BCUT2D eigenvalue weighted by Crippen LogP contribution is 2.13. The first-order valence-electron chi connectivity index (χ1n) is 6.82. The zero-order chi connectivity index (χ0) is 14.5. The molecule has 0 aromatic carbocycles. The molecule has 20 heavy (non-hydrogen) atoms. The van der Waals surface area contributed by atoms with E-state index < -0.39 is 5.97 Å². The number of rotatable bonds is 5. The molecule has 2 heterocycles. The molecule has 1 amide bonds. The summed E-state index contributed by atoms with van der Waals surface area (Å²) in [6.07, 6.45) is 4.89. The van der Waals surface area contributed by atoms with Crippen molar-refractivity contribution >= 4 is 11.9 Å². The Balaban J connectivity index is 1.90. The van der Waals surface area contributed by atoms with Crippen LogP contribution in [0.25, 0.3) is 0 Å². The van der Waals surface area contributed by atoms with E-state index in [2.05, 4.69) is 0 Å². The molecule has 1 aliphatic heterocycles. The topological polar surface area (TPSA) is 71.8 Å². The molecule has 0 radical (unpaired) electrons. The molecule has 1 atom stereocenters. The van der Waals surface area contributed by atoms with Gasteiger partial charge in [0.25, 0.3) is 0 Å². The third-order valence-electron chi connectivity index (χ3n) is 3.53. The zero-order valence-electron chi connectivity index (χ0n) is 11.6. The Morgan fingerprint density at radius 2 is 2.30 bits per heavy atom.